The van der Waals surface area contributed by atoms with Crippen LogP contribution in [0.5, 0.6) is 11.5 Å². The third kappa shape index (κ3) is 6.56. The van der Waals surface area contributed by atoms with E-state index in [1.54, 1.807) is 10.8 Å². The molecule has 2 aromatic heterocycles. The predicted molar refractivity (Wildman–Crippen MR) is 161 cm³/mol. The van der Waals surface area contributed by atoms with E-state index in [0.29, 0.717) is 31.5 Å². The third-order valence-corrected chi connectivity index (χ3v) is 7.95. The summed E-state index contributed by atoms with van der Waals surface area (Å²) in [4.78, 5) is 44.3. The van der Waals surface area contributed by atoms with Crippen molar-refractivity contribution in [2.45, 2.75) is 25.9 Å². The Morgan fingerprint density at radius 2 is 1.80 bits per heavy atom. The number of benzene rings is 2. The number of hydrogen-bond donors (Lipinski definition) is 3. The summed E-state index contributed by atoms with van der Waals surface area (Å²) in [6.07, 6.45) is 4.92. The highest BCUT2D eigenvalue weighted by Gasteiger charge is 2.28. The minimum absolute atomic E-state index is 0.0149. The van der Waals surface area contributed by atoms with E-state index >= 15 is 0 Å². The number of carbonyl (C=O) groups is 2. The van der Waals surface area contributed by atoms with Crippen molar-refractivity contribution < 1.29 is 28.2 Å². The van der Waals surface area contributed by atoms with Crippen LogP contribution in [0.25, 0.3) is 11.1 Å². The number of nitrogens with zero attached hydrogens (tertiary/aromatic N) is 3. The van der Waals surface area contributed by atoms with E-state index in [2.05, 4.69) is 15.2 Å². The second-order valence-electron chi connectivity index (χ2n) is 10.4. The molecule has 1 atom stereocenters. The van der Waals surface area contributed by atoms with Gasteiger partial charge >= 0.3 is 5.97 Å². The maximum absolute atomic E-state index is 15.0. The molecule has 10 nitrogen and oxygen atoms in total. The predicted octanol–water partition coefficient (Wildman–Crippen LogP) is 5.78. The zero-order valence-corrected chi connectivity index (χ0v) is 24.2. The molecule has 4 N–H and O–H groups in total. The summed E-state index contributed by atoms with van der Waals surface area (Å²) in [5.41, 5.74) is 5.46. The van der Waals surface area contributed by atoms with Gasteiger partial charge < -0.3 is 25.5 Å². The monoisotopic (exact) mass is 623 g/mol. The molecule has 0 bridgehead atoms. The zero-order valence-electron chi connectivity index (χ0n) is 23.5. The average Bonchev–Trinajstić information content (AvgIpc) is 3.01. The van der Waals surface area contributed by atoms with E-state index in [1.165, 1.54) is 54.9 Å². The number of ether oxygens (including phenoxy) is 1. The van der Waals surface area contributed by atoms with Crippen molar-refractivity contribution in [1.29, 1.82) is 0 Å². The lowest BCUT2D eigenvalue weighted by atomic mass is 9.97. The number of hydrogen-bond acceptors (Lipinski definition) is 7. The van der Waals surface area contributed by atoms with Crippen molar-refractivity contribution >= 4 is 35.0 Å². The number of piperidine rings is 1. The van der Waals surface area contributed by atoms with Crippen LogP contribution in [0.15, 0.2) is 71.9 Å². The highest BCUT2D eigenvalue weighted by Crippen LogP contribution is 2.34. The summed E-state index contributed by atoms with van der Waals surface area (Å²) in [6, 6.07) is 10.4. The summed E-state index contributed by atoms with van der Waals surface area (Å²) in [5, 5.41) is 11.9. The van der Waals surface area contributed by atoms with Crippen LogP contribution >= 0.6 is 11.6 Å². The molecule has 1 fully saturated rings. The Kier molecular flexibility index (Phi) is 8.93. The molecule has 13 heteroatoms. The number of carboxylic acids is 1. The number of rotatable bonds is 8. The van der Waals surface area contributed by atoms with E-state index in [0.717, 1.165) is 6.07 Å². The number of aliphatic carboxylic acids is 1. The van der Waals surface area contributed by atoms with Gasteiger partial charge in [0.15, 0.2) is 17.3 Å². The third-order valence-electron chi connectivity index (χ3n) is 7.57. The fourth-order valence-corrected chi connectivity index (χ4v) is 5.17. The molecule has 44 heavy (non-hydrogen) atoms. The topological polar surface area (TPSA) is 140 Å². The fourth-order valence-electron chi connectivity index (χ4n) is 5.02. The molecule has 1 saturated heterocycles. The first-order valence-corrected chi connectivity index (χ1v) is 14.1. The SMILES string of the molecule is CC(N1CCC(C(=O)O)CC1)n1cc(C(=O)Nc2ccc(Oc3ccnc(N)c3Cl)c(F)c2)c(=O)c(-c2ccc(F)cc2)c1. The van der Waals surface area contributed by atoms with E-state index in [1.807, 2.05) is 6.92 Å². The van der Waals surface area contributed by atoms with Crippen LogP contribution in [0, 0.1) is 17.6 Å². The summed E-state index contributed by atoms with van der Waals surface area (Å²) in [7, 11) is 0. The van der Waals surface area contributed by atoms with Gasteiger partial charge in [0.2, 0.25) is 5.43 Å². The molecular weight excluding hydrogens is 596 g/mol. The van der Waals surface area contributed by atoms with E-state index in [4.69, 9.17) is 22.1 Å². The van der Waals surface area contributed by atoms with Gasteiger partial charge in [-0.15, -0.1) is 0 Å². The number of pyridine rings is 2. The molecule has 1 aliphatic rings. The lowest BCUT2D eigenvalue weighted by molar-refractivity contribution is -0.143. The quantitative estimate of drug-likeness (QED) is 0.224. The van der Waals surface area contributed by atoms with Crippen LogP contribution in [-0.2, 0) is 4.79 Å². The maximum Gasteiger partial charge on any atom is 0.306 e. The largest absolute Gasteiger partial charge is 0.481 e. The molecule has 1 amide bonds. The first-order valence-electron chi connectivity index (χ1n) is 13.7. The Hall–Kier alpha value is -4.81. The molecule has 0 radical (unpaired) electrons. The van der Waals surface area contributed by atoms with Gasteiger partial charge in [-0.1, -0.05) is 23.7 Å². The standard InChI is InChI=1S/C31H28ClF2N5O5/c1-17(38-12-9-19(10-13-38)31(42)43)39-15-22(18-2-4-20(33)5-3-18)28(40)23(16-39)30(41)37-21-6-7-25(24(34)14-21)44-26-8-11-36-29(35)27(26)32/h2-8,11,14-17,19H,9-10,12-13H2,1H3,(H2,35,36)(H,37,41)(H,42,43). The van der Waals surface area contributed by atoms with Crippen LogP contribution in [0.1, 0.15) is 36.3 Å². The molecule has 5 rings (SSSR count). The van der Waals surface area contributed by atoms with Gasteiger partial charge in [0.1, 0.15) is 22.2 Å². The van der Waals surface area contributed by atoms with Gasteiger partial charge in [0.25, 0.3) is 5.91 Å². The van der Waals surface area contributed by atoms with Crippen LogP contribution in [0.2, 0.25) is 5.02 Å². The minimum atomic E-state index is -0.833. The molecule has 0 saturated carbocycles. The first-order chi connectivity index (χ1) is 21.0. The summed E-state index contributed by atoms with van der Waals surface area (Å²) in [5.74, 6) is -3.43. The number of nitrogens with two attached hydrogens (primary N) is 1. The Morgan fingerprint density at radius 1 is 1.09 bits per heavy atom. The summed E-state index contributed by atoms with van der Waals surface area (Å²) >= 11 is 6.08. The fraction of sp³-hybridized carbons (Fsp3) is 0.226. The first kappa shape index (κ1) is 30.6. The smallest absolute Gasteiger partial charge is 0.306 e. The van der Waals surface area contributed by atoms with Gasteiger partial charge in [0.05, 0.1) is 12.1 Å². The van der Waals surface area contributed by atoms with Crippen LogP contribution in [-0.4, -0.2) is 44.5 Å². The van der Waals surface area contributed by atoms with Gasteiger partial charge in [0, 0.05) is 55.1 Å². The van der Waals surface area contributed by atoms with Gasteiger partial charge in [-0.05, 0) is 49.6 Å². The molecule has 1 aliphatic heterocycles. The van der Waals surface area contributed by atoms with Crippen LogP contribution in [0.4, 0.5) is 20.3 Å². The molecule has 0 aliphatic carbocycles. The molecule has 1 unspecified atom stereocenters. The van der Waals surface area contributed by atoms with Crippen molar-refractivity contribution in [1.82, 2.24) is 14.5 Å². The lowest BCUT2D eigenvalue weighted by Gasteiger charge is -2.36. The van der Waals surface area contributed by atoms with Crippen molar-refractivity contribution in [2.24, 2.45) is 5.92 Å². The normalized spacial score (nSPS) is 14.6. The molecule has 2 aromatic carbocycles. The van der Waals surface area contributed by atoms with E-state index in [-0.39, 0.29) is 45.3 Å². The van der Waals surface area contributed by atoms with Crippen molar-refractivity contribution in [3.05, 3.63) is 99.6 Å². The van der Waals surface area contributed by atoms with E-state index < -0.39 is 34.9 Å². The molecule has 4 aromatic rings. The number of carbonyl (C=O) groups excluding carboxylic acids is 1. The average molecular weight is 624 g/mol. The van der Waals surface area contributed by atoms with Crippen molar-refractivity contribution in [3.8, 4) is 22.6 Å². The van der Waals surface area contributed by atoms with Gasteiger partial charge in [-0.3, -0.25) is 19.3 Å². The van der Waals surface area contributed by atoms with Crippen molar-refractivity contribution in [2.75, 3.05) is 24.1 Å². The Labute approximate surface area is 255 Å². The Balaban J connectivity index is 1.44. The number of nitrogen functional groups attached to an aromatic ring is 1. The number of carboxylic acid groups (broad SMARTS) is 1. The zero-order chi connectivity index (χ0) is 31.5. The summed E-state index contributed by atoms with van der Waals surface area (Å²) < 4.78 is 35.8. The highest BCUT2D eigenvalue weighted by atomic mass is 35.5. The van der Waals surface area contributed by atoms with Crippen LogP contribution < -0.4 is 21.2 Å². The number of halogens is 3. The Bertz CT molecular complexity index is 1770. The minimum Gasteiger partial charge on any atom is -0.481 e. The molecule has 0 spiro atoms. The second-order valence-corrected chi connectivity index (χ2v) is 10.7. The number of aromatic nitrogens is 2. The number of anilines is 2. The highest BCUT2D eigenvalue weighted by molar-refractivity contribution is 6.34. The number of amides is 1. The molecular formula is C31H28ClF2N5O5. The van der Waals surface area contributed by atoms with Gasteiger partial charge in [-0.2, -0.15) is 0 Å². The van der Waals surface area contributed by atoms with Crippen molar-refractivity contribution in [3.63, 3.8) is 0 Å². The van der Waals surface area contributed by atoms with Gasteiger partial charge in [-0.25, -0.2) is 13.8 Å². The molecule has 228 valence electrons. The number of nitrogens with one attached hydrogen (secondary N) is 1. The lowest BCUT2D eigenvalue weighted by Crippen LogP contribution is -2.40. The second kappa shape index (κ2) is 12.8. The van der Waals surface area contributed by atoms with E-state index in [9.17, 15) is 28.3 Å². The number of likely N-dealkylation sites (tertiary alicyclic amines) is 1. The maximum atomic E-state index is 15.0. The van der Waals surface area contributed by atoms with Crippen LogP contribution in [0.3, 0.4) is 0 Å². The molecule has 3 heterocycles. The summed E-state index contributed by atoms with van der Waals surface area (Å²) in [6.45, 7) is 2.88. The Morgan fingerprint density at radius 3 is 2.45 bits per heavy atom.